The minimum Gasteiger partial charge on any atom is -0.387 e. The minimum absolute atomic E-state index is 0.0696. The molecule has 1 aromatic heterocycles. The fourth-order valence-electron chi connectivity index (χ4n) is 1.78. The largest absolute Gasteiger partial charge is 0.387 e. The molecule has 5 heteroatoms. The van der Waals surface area contributed by atoms with E-state index >= 15 is 0 Å². The predicted octanol–water partition coefficient (Wildman–Crippen LogP) is 2.18. The van der Waals surface area contributed by atoms with E-state index in [1.165, 1.54) is 6.07 Å². The number of aromatic nitrogens is 1. The topological polar surface area (TPSA) is 45.1 Å². The molecule has 0 saturated carbocycles. The molecule has 1 aromatic carbocycles. The number of aliphatic hydroxyl groups excluding tert-OH is 1. The average Bonchev–Trinajstić information content (AvgIpc) is 2.40. The molecule has 0 bridgehead atoms. The van der Waals surface area contributed by atoms with Gasteiger partial charge in [-0.25, -0.2) is 8.78 Å². The SMILES string of the molecule is OC(CNCc1ccncc1)c1c(F)cccc1F. The second kappa shape index (κ2) is 6.36. The average molecular weight is 264 g/mol. The summed E-state index contributed by atoms with van der Waals surface area (Å²) < 4.78 is 26.8. The Morgan fingerprint density at radius 3 is 2.37 bits per heavy atom. The summed E-state index contributed by atoms with van der Waals surface area (Å²) in [5.41, 5.74) is 0.681. The molecular weight excluding hydrogens is 250 g/mol. The summed E-state index contributed by atoms with van der Waals surface area (Å²) in [6.07, 6.45) is 2.09. The van der Waals surface area contributed by atoms with Crippen LogP contribution in [0.25, 0.3) is 0 Å². The molecule has 0 aliphatic carbocycles. The van der Waals surface area contributed by atoms with Gasteiger partial charge in [-0.3, -0.25) is 4.98 Å². The van der Waals surface area contributed by atoms with Crippen LogP contribution in [-0.2, 0) is 6.54 Å². The van der Waals surface area contributed by atoms with Gasteiger partial charge in [0.15, 0.2) is 0 Å². The van der Waals surface area contributed by atoms with Gasteiger partial charge >= 0.3 is 0 Å². The molecule has 1 unspecified atom stereocenters. The fourth-order valence-corrected chi connectivity index (χ4v) is 1.78. The zero-order valence-electron chi connectivity index (χ0n) is 10.2. The number of nitrogens with zero attached hydrogens (tertiary/aromatic N) is 1. The third-order valence-electron chi connectivity index (χ3n) is 2.75. The molecule has 0 saturated heterocycles. The number of rotatable bonds is 5. The van der Waals surface area contributed by atoms with Crippen LogP contribution in [0.1, 0.15) is 17.2 Å². The van der Waals surface area contributed by atoms with Gasteiger partial charge in [0, 0.05) is 25.5 Å². The van der Waals surface area contributed by atoms with Crippen molar-refractivity contribution >= 4 is 0 Å². The number of benzene rings is 1. The molecule has 0 amide bonds. The number of hydrogen-bond acceptors (Lipinski definition) is 3. The standard InChI is InChI=1S/C14H14F2N2O/c15-11-2-1-3-12(16)14(11)13(19)9-18-8-10-4-6-17-7-5-10/h1-7,13,18-19H,8-9H2. The Morgan fingerprint density at radius 2 is 1.74 bits per heavy atom. The monoisotopic (exact) mass is 264 g/mol. The van der Waals surface area contributed by atoms with E-state index in [1.807, 2.05) is 12.1 Å². The molecule has 0 radical (unpaired) electrons. The number of nitrogens with one attached hydrogen (secondary N) is 1. The van der Waals surface area contributed by atoms with Gasteiger partial charge in [0.1, 0.15) is 11.6 Å². The molecule has 1 heterocycles. The van der Waals surface area contributed by atoms with Gasteiger partial charge in [0.25, 0.3) is 0 Å². The van der Waals surface area contributed by atoms with Gasteiger partial charge < -0.3 is 10.4 Å². The number of pyridine rings is 1. The van der Waals surface area contributed by atoms with E-state index in [4.69, 9.17) is 0 Å². The van der Waals surface area contributed by atoms with E-state index in [1.54, 1.807) is 12.4 Å². The predicted molar refractivity (Wildman–Crippen MR) is 67.3 cm³/mol. The van der Waals surface area contributed by atoms with Crippen LogP contribution in [0, 0.1) is 11.6 Å². The summed E-state index contributed by atoms with van der Waals surface area (Å²) in [6, 6.07) is 7.17. The van der Waals surface area contributed by atoms with E-state index in [0.29, 0.717) is 6.54 Å². The summed E-state index contributed by atoms with van der Waals surface area (Å²) >= 11 is 0. The first-order valence-corrected chi connectivity index (χ1v) is 5.90. The zero-order chi connectivity index (χ0) is 13.7. The fraction of sp³-hybridized carbons (Fsp3) is 0.214. The number of hydrogen-bond donors (Lipinski definition) is 2. The normalized spacial score (nSPS) is 12.4. The smallest absolute Gasteiger partial charge is 0.131 e. The first kappa shape index (κ1) is 13.6. The molecular formula is C14H14F2N2O. The summed E-state index contributed by atoms with van der Waals surface area (Å²) in [4.78, 5) is 3.88. The molecule has 0 aliphatic rings. The van der Waals surface area contributed by atoms with Gasteiger partial charge in [-0.15, -0.1) is 0 Å². The van der Waals surface area contributed by atoms with E-state index in [2.05, 4.69) is 10.3 Å². The lowest BCUT2D eigenvalue weighted by molar-refractivity contribution is 0.164. The molecule has 2 N–H and O–H groups in total. The van der Waals surface area contributed by atoms with Crippen molar-refractivity contribution < 1.29 is 13.9 Å². The maximum absolute atomic E-state index is 13.4. The number of halogens is 2. The summed E-state index contributed by atoms with van der Waals surface area (Å²) in [7, 11) is 0. The molecule has 3 nitrogen and oxygen atoms in total. The summed E-state index contributed by atoms with van der Waals surface area (Å²) in [6.45, 7) is 0.565. The van der Waals surface area contributed by atoms with Gasteiger partial charge in [-0.05, 0) is 29.8 Å². The molecule has 0 aliphatic heterocycles. The first-order valence-electron chi connectivity index (χ1n) is 5.90. The molecule has 2 rings (SSSR count). The Balaban J connectivity index is 1.93. The summed E-state index contributed by atoms with van der Waals surface area (Å²) in [5.74, 6) is -1.48. The van der Waals surface area contributed by atoms with Crippen molar-refractivity contribution in [1.29, 1.82) is 0 Å². The quantitative estimate of drug-likeness (QED) is 0.870. The lowest BCUT2D eigenvalue weighted by atomic mass is 10.1. The van der Waals surface area contributed by atoms with Crippen LogP contribution < -0.4 is 5.32 Å². The molecule has 0 spiro atoms. The molecule has 2 aromatic rings. The Hall–Kier alpha value is -1.85. The Labute approximate surface area is 109 Å². The Kier molecular flexibility index (Phi) is 4.54. The third kappa shape index (κ3) is 3.56. The highest BCUT2D eigenvalue weighted by Gasteiger charge is 2.16. The van der Waals surface area contributed by atoms with Crippen LogP contribution >= 0.6 is 0 Å². The second-order valence-corrected chi connectivity index (χ2v) is 4.14. The van der Waals surface area contributed by atoms with Crippen molar-refractivity contribution in [1.82, 2.24) is 10.3 Å². The zero-order valence-corrected chi connectivity index (χ0v) is 10.2. The second-order valence-electron chi connectivity index (χ2n) is 4.14. The lowest BCUT2D eigenvalue weighted by Gasteiger charge is -2.13. The van der Waals surface area contributed by atoms with Crippen molar-refractivity contribution in [3.63, 3.8) is 0 Å². The first-order chi connectivity index (χ1) is 9.18. The van der Waals surface area contributed by atoms with Crippen LogP contribution in [0.3, 0.4) is 0 Å². The molecule has 1 atom stereocenters. The molecule has 100 valence electrons. The Bertz CT molecular complexity index is 514. The van der Waals surface area contributed by atoms with Crippen molar-refractivity contribution in [3.8, 4) is 0 Å². The Morgan fingerprint density at radius 1 is 1.11 bits per heavy atom. The highest BCUT2D eigenvalue weighted by atomic mass is 19.1. The minimum atomic E-state index is -1.22. The van der Waals surface area contributed by atoms with Crippen molar-refractivity contribution in [2.24, 2.45) is 0 Å². The maximum atomic E-state index is 13.4. The van der Waals surface area contributed by atoms with Gasteiger partial charge in [0.05, 0.1) is 11.7 Å². The molecule has 19 heavy (non-hydrogen) atoms. The van der Waals surface area contributed by atoms with Crippen LogP contribution in [0.5, 0.6) is 0 Å². The van der Waals surface area contributed by atoms with Crippen molar-refractivity contribution in [2.75, 3.05) is 6.54 Å². The van der Waals surface area contributed by atoms with E-state index < -0.39 is 17.7 Å². The highest BCUT2D eigenvalue weighted by Crippen LogP contribution is 2.19. The van der Waals surface area contributed by atoms with Crippen molar-refractivity contribution in [2.45, 2.75) is 12.6 Å². The van der Waals surface area contributed by atoms with Crippen LogP contribution in [-0.4, -0.2) is 16.6 Å². The molecule has 0 fully saturated rings. The van der Waals surface area contributed by atoms with Gasteiger partial charge in [-0.2, -0.15) is 0 Å². The van der Waals surface area contributed by atoms with Crippen LogP contribution in [0.2, 0.25) is 0 Å². The maximum Gasteiger partial charge on any atom is 0.131 e. The lowest BCUT2D eigenvalue weighted by Crippen LogP contribution is -2.22. The van der Waals surface area contributed by atoms with E-state index in [9.17, 15) is 13.9 Å². The third-order valence-corrected chi connectivity index (χ3v) is 2.75. The highest BCUT2D eigenvalue weighted by molar-refractivity contribution is 5.22. The number of aliphatic hydroxyl groups is 1. The summed E-state index contributed by atoms with van der Waals surface area (Å²) in [5, 5.41) is 12.7. The van der Waals surface area contributed by atoms with E-state index in [0.717, 1.165) is 17.7 Å². The van der Waals surface area contributed by atoms with Crippen LogP contribution in [0.15, 0.2) is 42.7 Å². The van der Waals surface area contributed by atoms with Crippen molar-refractivity contribution in [3.05, 3.63) is 65.5 Å². The van der Waals surface area contributed by atoms with Crippen LogP contribution in [0.4, 0.5) is 8.78 Å². The van der Waals surface area contributed by atoms with Gasteiger partial charge in [-0.1, -0.05) is 6.07 Å². The van der Waals surface area contributed by atoms with Gasteiger partial charge in [0.2, 0.25) is 0 Å². The van der Waals surface area contributed by atoms with E-state index in [-0.39, 0.29) is 12.1 Å².